The van der Waals surface area contributed by atoms with E-state index < -0.39 is 63.9 Å². The van der Waals surface area contributed by atoms with Crippen molar-refractivity contribution in [2.24, 2.45) is 0 Å². The number of ether oxygens (including phenoxy) is 1. The summed E-state index contributed by atoms with van der Waals surface area (Å²) >= 11 is 0. The Morgan fingerprint density at radius 1 is 1.23 bits per heavy atom. The maximum atomic E-state index is 13.3. The van der Waals surface area contributed by atoms with E-state index in [1.54, 1.807) is 4.98 Å². The van der Waals surface area contributed by atoms with Crippen molar-refractivity contribution in [3.8, 4) is 0 Å². The molecule has 0 radical (unpaired) electrons. The Morgan fingerprint density at radius 3 is 2.42 bits per heavy atom. The number of phosphoric ester groups is 1. The Morgan fingerprint density at radius 2 is 1.85 bits per heavy atom. The van der Waals surface area contributed by atoms with E-state index in [4.69, 9.17) is 19.4 Å². The molecule has 0 bridgehead atoms. The van der Waals surface area contributed by atoms with Crippen LogP contribution < -0.4 is 11.2 Å². The van der Waals surface area contributed by atoms with Crippen LogP contribution in [0.3, 0.4) is 0 Å². The van der Waals surface area contributed by atoms with E-state index in [9.17, 15) is 33.3 Å². The van der Waals surface area contributed by atoms with Crippen molar-refractivity contribution in [1.29, 1.82) is 0 Å². The summed E-state index contributed by atoms with van der Waals surface area (Å²) in [5, 5.41) is 19.7. The highest BCUT2D eigenvalue weighted by Crippen LogP contribution is 2.57. The molecule has 5 atom stereocenters. The number of nitrogens with zero attached hydrogens (tertiary/aromatic N) is 1. The SMILES string of the molecule is O=c1[nH]c(=O)n([C@@H]2O[C@@H](COP(=O)(O)OP(=O)(O)O)[C@@H](O)[C@@H]2O)cc1F. The van der Waals surface area contributed by atoms with Crippen molar-refractivity contribution >= 4 is 15.6 Å². The molecule has 0 spiro atoms. The number of H-pyrrole nitrogens is 1. The van der Waals surface area contributed by atoms with Gasteiger partial charge >= 0.3 is 21.3 Å². The first kappa shape index (κ1) is 21.1. The lowest BCUT2D eigenvalue weighted by molar-refractivity contribution is -0.0546. The molecule has 6 N–H and O–H groups in total. The van der Waals surface area contributed by atoms with Gasteiger partial charge in [0.2, 0.25) is 5.82 Å². The van der Waals surface area contributed by atoms with Gasteiger partial charge in [0, 0.05) is 0 Å². The fourth-order valence-corrected chi connectivity index (χ4v) is 3.67. The fourth-order valence-electron chi connectivity index (χ4n) is 2.07. The van der Waals surface area contributed by atoms with E-state index in [0.29, 0.717) is 10.8 Å². The number of hydrogen-bond acceptors (Lipinski definition) is 9. The van der Waals surface area contributed by atoms with Gasteiger partial charge in [0.1, 0.15) is 18.3 Å². The Hall–Kier alpha value is -1.25. The molecule has 1 unspecified atom stereocenters. The number of rotatable bonds is 6. The summed E-state index contributed by atoms with van der Waals surface area (Å²) in [6, 6.07) is 0. The third kappa shape index (κ3) is 4.92. The summed E-state index contributed by atoms with van der Waals surface area (Å²) in [5.41, 5.74) is -2.50. The molecule has 26 heavy (non-hydrogen) atoms. The van der Waals surface area contributed by atoms with E-state index >= 15 is 0 Å². The number of aromatic amines is 1. The molecular weight excluding hydrogens is 409 g/mol. The van der Waals surface area contributed by atoms with Crippen LogP contribution in [-0.2, 0) is 22.7 Å². The van der Waals surface area contributed by atoms with Gasteiger partial charge in [-0.15, -0.1) is 0 Å². The molecule has 0 saturated carbocycles. The van der Waals surface area contributed by atoms with Crippen molar-refractivity contribution in [2.75, 3.05) is 6.61 Å². The van der Waals surface area contributed by atoms with Gasteiger partial charge in [0.15, 0.2) is 6.23 Å². The topological polar surface area (TPSA) is 218 Å². The standard InChI is InChI=1S/C9H13FN2O12P2/c10-3-1-12(9(16)11-7(3)15)8-6(14)5(13)4(23-8)2-22-26(20,21)24-25(17,18)19/h1,4-6,8,13-14H,2H2,(H,20,21)(H,11,15,16)(H2,17,18,19)/t4-,5+,6-,8+/m0/s1. The van der Waals surface area contributed by atoms with Crippen molar-refractivity contribution in [1.82, 2.24) is 9.55 Å². The van der Waals surface area contributed by atoms with Crippen LogP contribution in [0.1, 0.15) is 6.23 Å². The molecule has 2 rings (SSSR count). The minimum Gasteiger partial charge on any atom is -0.387 e. The highest BCUT2D eigenvalue weighted by atomic mass is 31.3. The van der Waals surface area contributed by atoms with Crippen LogP contribution in [0.2, 0.25) is 0 Å². The van der Waals surface area contributed by atoms with Crippen molar-refractivity contribution in [3.63, 3.8) is 0 Å². The van der Waals surface area contributed by atoms with Crippen molar-refractivity contribution in [2.45, 2.75) is 24.5 Å². The van der Waals surface area contributed by atoms with Gasteiger partial charge in [-0.05, 0) is 0 Å². The van der Waals surface area contributed by atoms with E-state index in [1.807, 2.05) is 0 Å². The first-order valence-electron chi connectivity index (χ1n) is 6.57. The summed E-state index contributed by atoms with van der Waals surface area (Å²) in [7, 11) is -10.6. The molecule has 17 heteroatoms. The minimum absolute atomic E-state index is 0.416. The number of phosphoric acid groups is 2. The number of halogens is 1. The van der Waals surface area contributed by atoms with Crippen LogP contribution in [0.25, 0.3) is 0 Å². The van der Waals surface area contributed by atoms with Gasteiger partial charge in [-0.3, -0.25) is 18.9 Å². The average molecular weight is 422 g/mol. The molecule has 1 fully saturated rings. The summed E-state index contributed by atoms with van der Waals surface area (Å²) < 4.78 is 48.4. The zero-order valence-electron chi connectivity index (χ0n) is 12.4. The Kier molecular flexibility index (Phi) is 5.99. The smallest absolute Gasteiger partial charge is 0.387 e. The zero-order chi connectivity index (χ0) is 19.9. The van der Waals surface area contributed by atoms with Gasteiger partial charge in [-0.2, -0.15) is 8.70 Å². The highest BCUT2D eigenvalue weighted by Gasteiger charge is 2.45. The van der Waals surface area contributed by atoms with E-state index in [0.717, 1.165) is 0 Å². The van der Waals surface area contributed by atoms with E-state index in [-0.39, 0.29) is 0 Å². The van der Waals surface area contributed by atoms with Gasteiger partial charge in [-0.1, -0.05) is 0 Å². The molecule has 1 saturated heterocycles. The second-order valence-corrected chi connectivity index (χ2v) is 7.86. The molecule has 14 nitrogen and oxygen atoms in total. The normalized spacial score (nSPS) is 28.8. The lowest BCUT2D eigenvalue weighted by atomic mass is 10.1. The molecule has 2 heterocycles. The lowest BCUT2D eigenvalue weighted by Crippen LogP contribution is -2.38. The molecule has 1 aromatic heterocycles. The van der Waals surface area contributed by atoms with Crippen LogP contribution >= 0.6 is 15.6 Å². The third-order valence-electron chi connectivity index (χ3n) is 3.15. The summed E-state index contributed by atoms with van der Waals surface area (Å²) in [6.07, 6.45) is -6.50. The number of nitrogens with one attached hydrogen (secondary N) is 1. The quantitative estimate of drug-likeness (QED) is 0.263. The Bertz CT molecular complexity index is 878. The van der Waals surface area contributed by atoms with Crippen molar-refractivity contribution < 1.29 is 52.0 Å². The molecule has 1 aliphatic heterocycles. The van der Waals surface area contributed by atoms with Crippen LogP contribution in [0.4, 0.5) is 4.39 Å². The van der Waals surface area contributed by atoms with E-state index in [1.165, 1.54) is 0 Å². The summed E-state index contributed by atoms with van der Waals surface area (Å²) in [5.74, 6) is -1.38. The molecule has 1 aliphatic rings. The maximum Gasteiger partial charge on any atom is 0.481 e. The second kappa shape index (κ2) is 7.40. The maximum absolute atomic E-state index is 13.3. The van der Waals surface area contributed by atoms with Gasteiger partial charge in [0.25, 0.3) is 5.56 Å². The Labute approximate surface area is 142 Å². The highest BCUT2D eigenvalue weighted by molar-refractivity contribution is 7.60. The first-order valence-corrected chi connectivity index (χ1v) is 9.60. The van der Waals surface area contributed by atoms with Gasteiger partial charge in [-0.25, -0.2) is 13.9 Å². The lowest BCUT2D eigenvalue weighted by Gasteiger charge is -2.17. The Balaban J connectivity index is 2.14. The summed E-state index contributed by atoms with van der Waals surface area (Å²) in [4.78, 5) is 50.3. The average Bonchev–Trinajstić information content (AvgIpc) is 2.75. The minimum atomic E-state index is -5.36. The monoisotopic (exact) mass is 422 g/mol. The van der Waals surface area contributed by atoms with Crippen molar-refractivity contribution in [3.05, 3.63) is 32.9 Å². The zero-order valence-corrected chi connectivity index (χ0v) is 14.2. The molecular formula is C9H13FN2O12P2. The molecule has 0 aromatic carbocycles. The number of aliphatic hydroxyl groups is 2. The molecule has 0 amide bonds. The molecule has 1 aromatic rings. The van der Waals surface area contributed by atoms with Crippen LogP contribution in [-0.4, -0.2) is 59.4 Å². The second-order valence-electron chi connectivity index (χ2n) is 5.03. The van der Waals surface area contributed by atoms with Gasteiger partial charge < -0.3 is 29.6 Å². The van der Waals surface area contributed by atoms with Crippen LogP contribution in [0.5, 0.6) is 0 Å². The van der Waals surface area contributed by atoms with Gasteiger partial charge in [0.05, 0.1) is 12.8 Å². The molecule has 148 valence electrons. The first-order chi connectivity index (χ1) is 11.8. The number of aliphatic hydroxyl groups excluding tert-OH is 2. The summed E-state index contributed by atoms with van der Waals surface area (Å²) in [6.45, 7) is -0.997. The predicted molar refractivity (Wildman–Crippen MR) is 76.1 cm³/mol. The van der Waals surface area contributed by atoms with E-state index in [2.05, 4.69) is 8.83 Å². The number of hydrogen-bond donors (Lipinski definition) is 6. The fraction of sp³-hybridized carbons (Fsp3) is 0.556. The van der Waals surface area contributed by atoms with Crippen LogP contribution in [0.15, 0.2) is 15.8 Å². The third-order valence-corrected chi connectivity index (χ3v) is 5.30. The van der Waals surface area contributed by atoms with Crippen LogP contribution in [0, 0.1) is 5.82 Å². The largest absolute Gasteiger partial charge is 0.481 e. The molecule has 0 aliphatic carbocycles. The predicted octanol–water partition coefficient (Wildman–Crippen LogP) is -2.48. The number of aromatic nitrogens is 2.